The topological polar surface area (TPSA) is 69.6 Å². The smallest absolute Gasteiger partial charge is 0.323 e. The van der Waals surface area contributed by atoms with Gasteiger partial charge in [-0.1, -0.05) is 6.92 Å². The van der Waals surface area contributed by atoms with Crippen molar-refractivity contribution >= 4 is 23.3 Å². The van der Waals surface area contributed by atoms with Crippen LogP contribution < -0.4 is 5.32 Å². The van der Waals surface area contributed by atoms with Crippen molar-refractivity contribution in [2.24, 2.45) is 0 Å². The van der Waals surface area contributed by atoms with Crippen molar-refractivity contribution in [2.45, 2.75) is 51.6 Å². The van der Waals surface area contributed by atoms with Crippen LogP contribution in [0.5, 0.6) is 0 Å². The maximum atomic E-state index is 12.4. The molecule has 2 atom stereocenters. The standard InChI is InChI=1S/C15H22N2O3S/c1-3-10(2)17(9-14(18)19)15(20)16-12-5-4-6-13-11(12)7-8-21-13/h7-8,10,12H,3-6,9H2,1-2H3,(H,16,20)(H,18,19). The van der Waals surface area contributed by atoms with E-state index in [0.29, 0.717) is 0 Å². The van der Waals surface area contributed by atoms with Gasteiger partial charge in [0.2, 0.25) is 0 Å². The Bertz CT molecular complexity index is 515. The van der Waals surface area contributed by atoms with Crippen molar-refractivity contribution in [1.29, 1.82) is 0 Å². The number of rotatable bonds is 5. The zero-order chi connectivity index (χ0) is 15.4. The summed E-state index contributed by atoms with van der Waals surface area (Å²) < 4.78 is 0. The number of hydrogen-bond donors (Lipinski definition) is 2. The SMILES string of the molecule is CCC(C)N(CC(=O)O)C(=O)NC1CCCc2sccc21. The number of urea groups is 1. The van der Waals surface area contributed by atoms with Gasteiger partial charge in [-0.3, -0.25) is 4.79 Å². The molecule has 1 aromatic heterocycles. The lowest BCUT2D eigenvalue weighted by Crippen LogP contribution is -2.48. The van der Waals surface area contributed by atoms with E-state index in [2.05, 4.69) is 16.8 Å². The Hall–Kier alpha value is -1.56. The van der Waals surface area contributed by atoms with Crippen LogP contribution in [-0.4, -0.2) is 34.6 Å². The predicted octanol–water partition coefficient (Wildman–Crippen LogP) is 3.02. The second kappa shape index (κ2) is 6.93. The molecule has 0 fully saturated rings. The number of amides is 2. The summed E-state index contributed by atoms with van der Waals surface area (Å²) in [5.41, 5.74) is 1.19. The quantitative estimate of drug-likeness (QED) is 0.878. The number of hydrogen-bond acceptors (Lipinski definition) is 3. The summed E-state index contributed by atoms with van der Waals surface area (Å²) in [5, 5.41) is 14.1. The Balaban J connectivity index is 2.07. The second-order valence-corrected chi connectivity index (χ2v) is 6.47. The summed E-state index contributed by atoms with van der Waals surface area (Å²) in [6, 6.07) is 1.70. The summed E-state index contributed by atoms with van der Waals surface area (Å²) in [6.07, 6.45) is 3.77. The minimum Gasteiger partial charge on any atom is -0.480 e. The highest BCUT2D eigenvalue weighted by Crippen LogP contribution is 2.33. The highest BCUT2D eigenvalue weighted by atomic mass is 32.1. The van der Waals surface area contributed by atoms with E-state index in [-0.39, 0.29) is 24.7 Å². The molecule has 0 saturated carbocycles. The fraction of sp³-hybridized carbons (Fsp3) is 0.600. The second-order valence-electron chi connectivity index (χ2n) is 5.47. The lowest BCUT2D eigenvalue weighted by molar-refractivity contribution is -0.138. The lowest BCUT2D eigenvalue weighted by atomic mass is 9.94. The average molecular weight is 310 g/mol. The summed E-state index contributed by atoms with van der Waals surface area (Å²) in [4.78, 5) is 26.1. The van der Waals surface area contributed by atoms with E-state index in [9.17, 15) is 9.59 Å². The predicted molar refractivity (Wildman–Crippen MR) is 82.6 cm³/mol. The first-order chi connectivity index (χ1) is 10.0. The number of aryl methyl sites for hydroxylation is 1. The molecule has 2 amide bonds. The zero-order valence-electron chi connectivity index (χ0n) is 12.5. The van der Waals surface area contributed by atoms with Gasteiger partial charge < -0.3 is 15.3 Å². The molecule has 2 rings (SSSR count). The van der Waals surface area contributed by atoms with E-state index < -0.39 is 5.97 Å². The molecule has 5 nitrogen and oxygen atoms in total. The molecule has 6 heteroatoms. The van der Waals surface area contributed by atoms with Crippen LogP contribution in [0.4, 0.5) is 4.79 Å². The first-order valence-corrected chi connectivity index (χ1v) is 8.26. The molecule has 1 heterocycles. The summed E-state index contributed by atoms with van der Waals surface area (Å²) >= 11 is 1.73. The normalized spacial score (nSPS) is 18.7. The fourth-order valence-corrected chi connectivity index (χ4v) is 3.65. The zero-order valence-corrected chi connectivity index (χ0v) is 13.3. The summed E-state index contributed by atoms with van der Waals surface area (Å²) in [6.45, 7) is 3.56. The highest BCUT2D eigenvalue weighted by Gasteiger charge is 2.27. The largest absolute Gasteiger partial charge is 0.480 e. The van der Waals surface area contributed by atoms with Crippen LogP contribution in [0.1, 0.15) is 49.6 Å². The monoisotopic (exact) mass is 310 g/mol. The van der Waals surface area contributed by atoms with Gasteiger partial charge >= 0.3 is 12.0 Å². The van der Waals surface area contributed by atoms with Gasteiger partial charge in [-0.25, -0.2) is 4.79 Å². The molecule has 2 N–H and O–H groups in total. The van der Waals surface area contributed by atoms with Gasteiger partial charge in [0.05, 0.1) is 6.04 Å². The van der Waals surface area contributed by atoms with E-state index in [4.69, 9.17) is 5.11 Å². The number of carboxylic acid groups (broad SMARTS) is 1. The Kier molecular flexibility index (Phi) is 5.22. The van der Waals surface area contributed by atoms with Crippen molar-refractivity contribution in [3.05, 3.63) is 21.9 Å². The Labute approximate surface area is 129 Å². The third-order valence-corrected chi connectivity index (χ3v) is 5.04. The van der Waals surface area contributed by atoms with Gasteiger partial charge in [0, 0.05) is 10.9 Å². The van der Waals surface area contributed by atoms with E-state index in [1.54, 1.807) is 11.3 Å². The third-order valence-electron chi connectivity index (χ3n) is 4.04. The maximum absolute atomic E-state index is 12.4. The molecule has 1 aliphatic rings. The Morgan fingerprint density at radius 2 is 2.33 bits per heavy atom. The van der Waals surface area contributed by atoms with Gasteiger partial charge in [-0.05, 0) is 49.6 Å². The number of nitrogens with zero attached hydrogens (tertiary/aromatic N) is 1. The van der Waals surface area contributed by atoms with E-state index in [0.717, 1.165) is 25.7 Å². The molecule has 0 bridgehead atoms. The van der Waals surface area contributed by atoms with Crippen molar-refractivity contribution in [3.63, 3.8) is 0 Å². The van der Waals surface area contributed by atoms with E-state index in [1.807, 2.05) is 13.8 Å². The molecule has 1 aromatic rings. The molecule has 0 radical (unpaired) electrons. The van der Waals surface area contributed by atoms with Gasteiger partial charge in [-0.2, -0.15) is 0 Å². The minimum atomic E-state index is -0.981. The molecule has 21 heavy (non-hydrogen) atoms. The number of carbonyl (C=O) groups excluding carboxylic acids is 1. The number of carboxylic acids is 1. The third kappa shape index (κ3) is 3.75. The Morgan fingerprint density at radius 1 is 1.57 bits per heavy atom. The van der Waals surface area contributed by atoms with Gasteiger partial charge in [0.15, 0.2) is 0 Å². The van der Waals surface area contributed by atoms with Gasteiger partial charge in [0.1, 0.15) is 6.54 Å². The van der Waals surface area contributed by atoms with Crippen LogP contribution >= 0.6 is 11.3 Å². The molecule has 0 aromatic carbocycles. The molecule has 0 saturated heterocycles. The van der Waals surface area contributed by atoms with Gasteiger partial charge in [-0.15, -0.1) is 11.3 Å². The molecule has 0 aliphatic heterocycles. The van der Waals surface area contributed by atoms with E-state index >= 15 is 0 Å². The van der Waals surface area contributed by atoms with Gasteiger partial charge in [0.25, 0.3) is 0 Å². The highest BCUT2D eigenvalue weighted by molar-refractivity contribution is 7.10. The van der Waals surface area contributed by atoms with Crippen molar-refractivity contribution in [3.8, 4) is 0 Å². The molecule has 116 valence electrons. The fourth-order valence-electron chi connectivity index (χ4n) is 2.66. The maximum Gasteiger partial charge on any atom is 0.323 e. The first kappa shape index (κ1) is 15.8. The first-order valence-electron chi connectivity index (χ1n) is 7.38. The van der Waals surface area contributed by atoms with Crippen LogP contribution in [0.2, 0.25) is 0 Å². The molecule has 0 spiro atoms. The molecule has 2 unspecified atom stereocenters. The average Bonchev–Trinajstić information content (AvgIpc) is 2.93. The van der Waals surface area contributed by atoms with Crippen LogP contribution in [0.3, 0.4) is 0 Å². The molecule has 1 aliphatic carbocycles. The number of nitrogens with one attached hydrogen (secondary N) is 1. The summed E-state index contributed by atoms with van der Waals surface area (Å²) in [5.74, 6) is -0.981. The Morgan fingerprint density at radius 3 is 3.00 bits per heavy atom. The molecular formula is C15H22N2O3S. The van der Waals surface area contributed by atoms with Crippen LogP contribution in [0.15, 0.2) is 11.4 Å². The van der Waals surface area contributed by atoms with Crippen LogP contribution in [0, 0.1) is 0 Å². The van der Waals surface area contributed by atoms with Crippen LogP contribution in [-0.2, 0) is 11.2 Å². The van der Waals surface area contributed by atoms with E-state index in [1.165, 1.54) is 15.3 Å². The minimum absolute atomic E-state index is 0.00727. The van der Waals surface area contributed by atoms with Crippen molar-refractivity contribution < 1.29 is 14.7 Å². The van der Waals surface area contributed by atoms with Crippen molar-refractivity contribution in [1.82, 2.24) is 10.2 Å². The summed E-state index contributed by atoms with van der Waals surface area (Å²) in [7, 11) is 0. The lowest BCUT2D eigenvalue weighted by Gasteiger charge is -2.31. The molecular weight excluding hydrogens is 288 g/mol. The number of thiophene rings is 1. The number of aliphatic carboxylic acids is 1. The van der Waals surface area contributed by atoms with Crippen molar-refractivity contribution in [2.75, 3.05) is 6.54 Å². The number of carbonyl (C=O) groups is 2. The number of fused-ring (bicyclic) bond motifs is 1. The van der Waals surface area contributed by atoms with Crippen LogP contribution in [0.25, 0.3) is 0 Å².